The highest BCUT2D eigenvalue weighted by atomic mass is 19.1. The van der Waals surface area contributed by atoms with E-state index in [1.807, 2.05) is 6.92 Å². The average molecular weight is 430 g/mol. The molecule has 8 nitrogen and oxygen atoms in total. The van der Waals surface area contributed by atoms with Crippen molar-refractivity contribution < 1.29 is 13.9 Å². The van der Waals surface area contributed by atoms with Gasteiger partial charge in [-0.1, -0.05) is 12.1 Å². The highest BCUT2D eigenvalue weighted by molar-refractivity contribution is 5.70. The van der Waals surface area contributed by atoms with Gasteiger partial charge in [0.25, 0.3) is 5.56 Å². The topological polar surface area (TPSA) is 80.3 Å². The number of aryl methyl sites for hydroxylation is 1. The third-order valence-electron chi connectivity index (χ3n) is 5.53. The molecule has 0 radical (unpaired) electrons. The van der Waals surface area contributed by atoms with E-state index in [0.717, 1.165) is 24.8 Å². The lowest BCUT2D eigenvalue weighted by atomic mass is 10.2. The minimum Gasteiger partial charge on any atom is -0.353 e. The Balaban J connectivity index is 1.58. The smallest absolute Gasteiger partial charge is 0.332 e. The Morgan fingerprint density at radius 2 is 2.00 bits per heavy atom. The van der Waals surface area contributed by atoms with Gasteiger partial charge < -0.3 is 14.0 Å². The molecule has 2 aromatic heterocycles. The van der Waals surface area contributed by atoms with E-state index < -0.39 is 0 Å². The van der Waals surface area contributed by atoms with Crippen LogP contribution in [0.25, 0.3) is 11.2 Å². The maximum absolute atomic E-state index is 13.2. The summed E-state index contributed by atoms with van der Waals surface area (Å²) < 4.78 is 29.0. The lowest BCUT2D eigenvalue weighted by Crippen LogP contribution is -2.40. The van der Waals surface area contributed by atoms with Crippen molar-refractivity contribution in [3.8, 4) is 0 Å². The normalized spacial score (nSPS) is 16.8. The van der Waals surface area contributed by atoms with Crippen molar-refractivity contribution in [2.24, 2.45) is 0 Å². The molecule has 1 fully saturated rings. The second-order valence-electron chi connectivity index (χ2n) is 7.68. The van der Waals surface area contributed by atoms with Gasteiger partial charge in [-0.25, -0.2) is 14.2 Å². The third-order valence-corrected chi connectivity index (χ3v) is 5.53. The zero-order chi connectivity index (χ0) is 21.8. The summed E-state index contributed by atoms with van der Waals surface area (Å²) in [7, 11) is 0. The van der Waals surface area contributed by atoms with Crippen LogP contribution in [0.4, 0.5) is 4.39 Å². The van der Waals surface area contributed by atoms with Crippen molar-refractivity contribution in [1.82, 2.24) is 18.7 Å². The molecule has 1 aliphatic heterocycles. The van der Waals surface area contributed by atoms with Gasteiger partial charge in [-0.15, -0.1) is 0 Å². The van der Waals surface area contributed by atoms with Gasteiger partial charge in [0.05, 0.1) is 12.9 Å². The molecule has 0 amide bonds. The lowest BCUT2D eigenvalue weighted by molar-refractivity contribution is -0.163. The Bertz CT molecular complexity index is 1140. The summed E-state index contributed by atoms with van der Waals surface area (Å²) in [5, 5.41) is 0. The number of nitrogens with zero attached hydrogens (tertiary/aromatic N) is 4. The molecule has 1 aromatic carbocycles. The summed E-state index contributed by atoms with van der Waals surface area (Å²) >= 11 is 0. The van der Waals surface area contributed by atoms with E-state index >= 15 is 0 Å². The molecule has 1 saturated heterocycles. The molecule has 1 atom stereocenters. The maximum Gasteiger partial charge on any atom is 0.332 e. The van der Waals surface area contributed by atoms with Gasteiger partial charge in [-0.05, 0) is 50.3 Å². The first kappa shape index (κ1) is 21.5. The van der Waals surface area contributed by atoms with Crippen LogP contribution < -0.4 is 11.2 Å². The monoisotopic (exact) mass is 430 g/mol. The molecule has 1 unspecified atom stereocenters. The van der Waals surface area contributed by atoms with Crippen LogP contribution in [-0.4, -0.2) is 38.2 Å². The molecule has 3 heterocycles. The summed E-state index contributed by atoms with van der Waals surface area (Å²) in [6.07, 6.45) is 4.89. The van der Waals surface area contributed by atoms with E-state index in [4.69, 9.17) is 9.47 Å². The van der Waals surface area contributed by atoms with Crippen LogP contribution in [0.3, 0.4) is 0 Å². The van der Waals surface area contributed by atoms with Crippen molar-refractivity contribution >= 4 is 11.2 Å². The van der Waals surface area contributed by atoms with Crippen LogP contribution in [0.1, 0.15) is 38.2 Å². The highest BCUT2D eigenvalue weighted by Crippen LogP contribution is 2.14. The first-order chi connectivity index (χ1) is 15.1. The van der Waals surface area contributed by atoms with Crippen molar-refractivity contribution in [3.63, 3.8) is 0 Å². The molecule has 3 aromatic rings. The first-order valence-electron chi connectivity index (χ1n) is 10.7. The molecule has 9 heteroatoms. The number of hydrogen-bond acceptors (Lipinski definition) is 5. The summed E-state index contributed by atoms with van der Waals surface area (Å²) in [5.74, 6) is -0.317. The van der Waals surface area contributed by atoms with Crippen LogP contribution in [-0.2, 0) is 29.1 Å². The largest absolute Gasteiger partial charge is 0.353 e. The SMILES string of the molecule is CCn1c(=O)n(CCCOC2CCCCO2)c(=O)c2c1ncn2Cc1ccc(F)cc1. The molecule has 1 aliphatic rings. The fraction of sp³-hybridized carbons (Fsp3) is 0.500. The second-order valence-corrected chi connectivity index (χ2v) is 7.68. The van der Waals surface area contributed by atoms with E-state index in [-0.39, 0.29) is 29.9 Å². The minimum absolute atomic E-state index is 0.197. The Labute approximate surface area is 178 Å². The van der Waals surface area contributed by atoms with Crippen molar-refractivity contribution in [2.75, 3.05) is 13.2 Å². The van der Waals surface area contributed by atoms with Gasteiger partial charge in [0, 0.05) is 26.2 Å². The van der Waals surface area contributed by atoms with Crippen LogP contribution in [0, 0.1) is 5.82 Å². The van der Waals surface area contributed by atoms with Crippen LogP contribution in [0.5, 0.6) is 0 Å². The summed E-state index contributed by atoms with van der Waals surface area (Å²) in [4.78, 5) is 30.4. The van der Waals surface area contributed by atoms with Gasteiger partial charge in [0.15, 0.2) is 17.5 Å². The summed E-state index contributed by atoms with van der Waals surface area (Å²) in [6, 6.07) is 6.09. The maximum atomic E-state index is 13.2. The second kappa shape index (κ2) is 9.57. The molecule has 4 rings (SSSR count). The van der Waals surface area contributed by atoms with Crippen LogP contribution >= 0.6 is 0 Å². The van der Waals surface area contributed by atoms with Gasteiger partial charge >= 0.3 is 5.69 Å². The van der Waals surface area contributed by atoms with E-state index in [9.17, 15) is 14.0 Å². The number of ether oxygens (including phenoxy) is 2. The van der Waals surface area contributed by atoms with Crippen molar-refractivity contribution in [3.05, 3.63) is 62.8 Å². The highest BCUT2D eigenvalue weighted by Gasteiger charge is 2.18. The Morgan fingerprint density at radius 3 is 2.71 bits per heavy atom. The molecule has 0 saturated carbocycles. The molecule has 0 N–H and O–H groups in total. The van der Waals surface area contributed by atoms with E-state index in [0.29, 0.717) is 43.9 Å². The lowest BCUT2D eigenvalue weighted by Gasteiger charge is -2.22. The Morgan fingerprint density at radius 1 is 1.19 bits per heavy atom. The number of benzene rings is 1. The van der Waals surface area contributed by atoms with Gasteiger partial charge in [-0.2, -0.15) is 0 Å². The van der Waals surface area contributed by atoms with E-state index in [1.165, 1.54) is 21.3 Å². The molecule has 0 aliphatic carbocycles. The summed E-state index contributed by atoms with van der Waals surface area (Å²) in [6.45, 7) is 3.97. The number of aromatic nitrogens is 4. The van der Waals surface area contributed by atoms with Gasteiger partial charge in [0.2, 0.25) is 0 Å². The number of hydrogen-bond donors (Lipinski definition) is 0. The fourth-order valence-corrected chi connectivity index (χ4v) is 3.91. The molecule has 0 spiro atoms. The zero-order valence-corrected chi connectivity index (χ0v) is 17.6. The van der Waals surface area contributed by atoms with E-state index in [1.54, 1.807) is 23.0 Å². The number of imidazole rings is 1. The average Bonchev–Trinajstić information content (AvgIpc) is 3.19. The number of halogens is 1. The van der Waals surface area contributed by atoms with Crippen LogP contribution in [0.2, 0.25) is 0 Å². The third kappa shape index (κ3) is 4.62. The molecular weight excluding hydrogens is 403 g/mol. The minimum atomic E-state index is -0.377. The quantitative estimate of drug-likeness (QED) is 0.513. The predicted molar refractivity (Wildman–Crippen MR) is 114 cm³/mol. The molecular formula is C22H27FN4O4. The van der Waals surface area contributed by atoms with Gasteiger partial charge in [-0.3, -0.25) is 13.9 Å². The molecule has 166 valence electrons. The summed E-state index contributed by atoms with van der Waals surface area (Å²) in [5.41, 5.74) is 0.811. The Hall–Kier alpha value is -2.78. The van der Waals surface area contributed by atoms with Crippen molar-refractivity contribution in [1.29, 1.82) is 0 Å². The zero-order valence-electron chi connectivity index (χ0n) is 17.6. The Kier molecular flexibility index (Phi) is 6.62. The van der Waals surface area contributed by atoms with Gasteiger partial charge in [0.1, 0.15) is 5.82 Å². The fourth-order valence-electron chi connectivity index (χ4n) is 3.91. The number of fused-ring (bicyclic) bond motifs is 1. The standard InChI is InChI=1S/C22H27FN4O4/c1-2-26-20-19(25(15-24-20)14-16-7-9-17(23)10-8-16)21(28)27(22(26)29)11-5-13-31-18-6-3-4-12-30-18/h7-10,15,18H,2-6,11-14H2,1H3. The molecule has 31 heavy (non-hydrogen) atoms. The first-order valence-corrected chi connectivity index (χ1v) is 10.7. The number of rotatable bonds is 8. The molecule has 0 bridgehead atoms. The van der Waals surface area contributed by atoms with E-state index in [2.05, 4.69) is 4.98 Å². The van der Waals surface area contributed by atoms with Crippen LogP contribution in [0.15, 0.2) is 40.2 Å². The predicted octanol–water partition coefficient (Wildman–Crippen LogP) is 2.50. The van der Waals surface area contributed by atoms with Crippen molar-refractivity contribution in [2.45, 2.75) is 58.5 Å².